The molecule has 0 unspecified atom stereocenters. The van der Waals surface area contributed by atoms with E-state index in [4.69, 9.17) is 5.73 Å². The molecule has 0 aromatic heterocycles. The Kier molecular flexibility index (Phi) is 4.49. The maximum absolute atomic E-state index is 12.1. The average Bonchev–Trinajstić information content (AvgIpc) is 2.84. The Morgan fingerprint density at radius 3 is 2.43 bits per heavy atom. The molecule has 2 rings (SSSR count). The first-order valence-corrected chi connectivity index (χ1v) is 8.75. The van der Waals surface area contributed by atoms with Crippen LogP contribution in [0.1, 0.15) is 32.6 Å². The number of sulfonamides is 1. The summed E-state index contributed by atoms with van der Waals surface area (Å²) in [7, 11) is -0.408. The zero-order valence-corrected chi connectivity index (χ0v) is 13.8. The first kappa shape index (κ1) is 16.1. The van der Waals surface area contributed by atoms with Crippen LogP contribution in [0.25, 0.3) is 0 Å². The molecule has 0 amide bonds. The van der Waals surface area contributed by atoms with E-state index in [1.54, 1.807) is 12.1 Å². The number of anilines is 2. The number of nitrogens with zero attached hydrogens (tertiary/aromatic N) is 1. The van der Waals surface area contributed by atoms with Gasteiger partial charge in [0.25, 0.3) is 0 Å². The topological polar surface area (TPSA) is 75.4 Å². The van der Waals surface area contributed by atoms with E-state index in [9.17, 15) is 8.42 Å². The molecule has 0 spiro atoms. The minimum Gasteiger partial charge on any atom is -0.397 e. The lowest BCUT2D eigenvalue weighted by atomic mass is 9.89. The van der Waals surface area contributed by atoms with Gasteiger partial charge in [-0.15, -0.1) is 0 Å². The molecule has 1 saturated carbocycles. The van der Waals surface area contributed by atoms with Gasteiger partial charge in [0.1, 0.15) is 0 Å². The van der Waals surface area contributed by atoms with Crippen molar-refractivity contribution in [3.8, 4) is 0 Å². The third-order valence-electron chi connectivity index (χ3n) is 4.32. The molecule has 1 fully saturated rings. The quantitative estimate of drug-likeness (QED) is 0.819. The lowest BCUT2D eigenvalue weighted by molar-refractivity contribution is 0.362. The molecule has 21 heavy (non-hydrogen) atoms. The van der Waals surface area contributed by atoms with Crippen molar-refractivity contribution in [1.29, 1.82) is 0 Å². The van der Waals surface area contributed by atoms with E-state index in [2.05, 4.69) is 12.2 Å². The fourth-order valence-corrected chi connectivity index (χ4v) is 3.72. The Morgan fingerprint density at radius 1 is 1.29 bits per heavy atom. The Bertz CT molecular complexity index is 605. The zero-order chi connectivity index (χ0) is 15.7. The van der Waals surface area contributed by atoms with Gasteiger partial charge in [-0.1, -0.05) is 19.8 Å². The van der Waals surface area contributed by atoms with E-state index in [1.165, 1.54) is 50.2 Å². The monoisotopic (exact) mass is 311 g/mol. The predicted molar refractivity (Wildman–Crippen MR) is 86.8 cm³/mol. The van der Waals surface area contributed by atoms with Crippen molar-refractivity contribution in [2.24, 2.45) is 5.41 Å². The van der Waals surface area contributed by atoms with Crippen LogP contribution in [0.4, 0.5) is 11.4 Å². The number of nitrogens with two attached hydrogens (primary N) is 1. The summed E-state index contributed by atoms with van der Waals surface area (Å²) in [6, 6.07) is 4.88. The Morgan fingerprint density at radius 2 is 1.90 bits per heavy atom. The Labute approximate surface area is 127 Å². The zero-order valence-electron chi connectivity index (χ0n) is 13.0. The normalized spacial score (nSPS) is 18.1. The predicted octanol–water partition coefficient (Wildman–Crippen LogP) is 2.51. The van der Waals surface area contributed by atoms with Crippen LogP contribution in [0.15, 0.2) is 23.1 Å². The highest BCUT2D eigenvalue weighted by Gasteiger charge is 2.28. The second-order valence-electron chi connectivity index (χ2n) is 6.41. The smallest absolute Gasteiger partial charge is 0.242 e. The number of nitrogens with one attached hydrogen (secondary N) is 1. The molecule has 0 saturated heterocycles. The first-order valence-electron chi connectivity index (χ1n) is 7.31. The molecule has 1 aromatic carbocycles. The van der Waals surface area contributed by atoms with Gasteiger partial charge >= 0.3 is 0 Å². The van der Waals surface area contributed by atoms with Gasteiger partial charge in [-0.05, 0) is 36.5 Å². The Hall–Kier alpha value is -1.27. The molecule has 3 N–H and O–H groups in total. The van der Waals surface area contributed by atoms with Crippen molar-refractivity contribution in [1.82, 2.24) is 4.31 Å². The van der Waals surface area contributed by atoms with E-state index in [-0.39, 0.29) is 4.90 Å². The highest BCUT2D eigenvalue weighted by atomic mass is 32.2. The molecule has 6 heteroatoms. The molecule has 0 bridgehead atoms. The van der Waals surface area contributed by atoms with Crippen molar-refractivity contribution in [3.05, 3.63) is 18.2 Å². The molecule has 0 atom stereocenters. The fraction of sp³-hybridized carbons (Fsp3) is 0.600. The number of nitrogen functional groups attached to an aromatic ring is 1. The lowest BCUT2D eigenvalue weighted by Crippen LogP contribution is -2.24. The number of hydrogen-bond acceptors (Lipinski definition) is 4. The van der Waals surface area contributed by atoms with Gasteiger partial charge in [0, 0.05) is 20.6 Å². The van der Waals surface area contributed by atoms with Crippen molar-refractivity contribution in [2.45, 2.75) is 37.5 Å². The molecular weight excluding hydrogens is 286 g/mol. The van der Waals surface area contributed by atoms with Crippen LogP contribution in [0.5, 0.6) is 0 Å². The van der Waals surface area contributed by atoms with Crippen LogP contribution in [0, 0.1) is 5.41 Å². The number of hydrogen-bond donors (Lipinski definition) is 2. The highest BCUT2D eigenvalue weighted by Crippen LogP contribution is 2.38. The summed E-state index contributed by atoms with van der Waals surface area (Å²) in [5.74, 6) is 0. The van der Waals surface area contributed by atoms with Gasteiger partial charge in [0.05, 0.1) is 16.3 Å². The van der Waals surface area contributed by atoms with Gasteiger partial charge in [0.15, 0.2) is 0 Å². The molecule has 5 nitrogen and oxygen atoms in total. The number of rotatable bonds is 5. The molecule has 1 aliphatic carbocycles. The summed E-state index contributed by atoms with van der Waals surface area (Å²) in [5.41, 5.74) is 7.60. The van der Waals surface area contributed by atoms with Crippen molar-refractivity contribution >= 4 is 21.4 Å². The summed E-state index contributed by atoms with van der Waals surface area (Å²) in [4.78, 5) is 0.225. The average molecular weight is 311 g/mol. The molecule has 1 aromatic rings. The van der Waals surface area contributed by atoms with Crippen LogP contribution >= 0.6 is 0 Å². The van der Waals surface area contributed by atoms with Crippen LogP contribution in [0.3, 0.4) is 0 Å². The summed E-state index contributed by atoms with van der Waals surface area (Å²) in [6.07, 6.45) is 5.03. The van der Waals surface area contributed by atoms with E-state index >= 15 is 0 Å². The third kappa shape index (κ3) is 3.49. The first-order chi connectivity index (χ1) is 9.74. The standard InChI is InChI=1S/C15H25N3O2S/c1-15(8-4-5-9-15)11-17-14-7-6-12(10-13(14)16)21(19,20)18(2)3/h6-7,10,17H,4-5,8-9,11,16H2,1-3H3. The largest absolute Gasteiger partial charge is 0.397 e. The van der Waals surface area contributed by atoms with E-state index in [0.717, 1.165) is 12.2 Å². The van der Waals surface area contributed by atoms with E-state index in [0.29, 0.717) is 11.1 Å². The lowest BCUT2D eigenvalue weighted by Gasteiger charge is -2.25. The fourth-order valence-electron chi connectivity index (χ4n) is 2.79. The van der Waals surface area contributed by atoms with Crippen molar-refractivity contribution in [3.63, 3.8) is 0 Å². The molecule has 0 aliphatic heterocycles. The second kappa shape index (κ2) is 5.85. The van der Waals surface area contributed by atoms with Gasteiger partial charge in [-0.3, -0.25) is 0 Å². The number of benzene rings is 1. The van der Waals surface area contributed by atoms with Crippen LogP contribution in [-0.2, 0) is 10.0 Å². The van der Waals surface area contributed by atoms with Gasteiger partial charge in [-0.25, -0.2) is 12.7 Å². The van der Waals surface area contributed by atoms with Crippen LogP contribution < -0.4 is 11.1 Å². The SMILES string of the molecule is CN(C)S(=O)(=O)c1ccc(NCC2(C)CCCC2)c(N)c1. The van der Waals surface area contributed by atoms with E-state index in [1.807, 2.05) is 0 Å². The molecule has 118 valence electrons. The molecule has 1 aliphatic rings. The van der Waals surface area contributed by atoms with Crippen molar-refractivity contribution in [2.75, 3.05) is 31.7 Å². The molecule has 0 heterocycles. The summed E-state index contributed by atoms with van der Waals surface area (Å²) >= 11 is 0. The van der Waals surface area contributed by atoms with Gasteiger partial charge in [0.2, 0.25) is 10.0 Å². The summed E-state index contributed by atoms with van der Waals surface area (Å²) in [6.45, 7) is 3.16. The minimum atomic E-state index is -3.43. The Balaban J connectivity index is 2.13. The maximum atomic E-state index is 12.1. The van der Waals surface area contributed by atoms with Crippen molar-refractivity contribution < 1.29 is 8.42 Å². The van der Waals surface area contributed by atoms with Crippen LogP contribution in [-0.4, -0.2) is 33.4 Å². The minimum absolute atomic E-state index is 0.225. The van der Waals surface area contributed by atoms with Gasteiger partial charge < -0.3 is 11.1 Å². The summed E-state index contributed by atoms with van der Waals surface area (Å²) in [5, 5.41) is 3.37. The third-order valence-corrected chi connectivity index (χ3v) is 6.13. The van der Waals surface area contributed by atoms with Crippen LogP contribution in [0.2, 0.25) is 0 Å². The van der Waals surface area contributed by atoms with E-state index < -0.39 is 10.0 Å². The molecular formula is C15H25N3O2S. The highest BCUT2D eigenvalue weighted by molar-refractivity contribution is 7.89. The van der Waals surface area contributed by atoms with Gasteiger partial charge in [-0.2, -0.15) is 0 Å². The molecule has 0 radical (unpaired) electrons. The second-order valence-corrected chi connectivity index (χ2v) is 8.56. The summed E-state index contributed by atoms with van der Waals surface area (Å²) < 4.78 is 25.3. The maximum Gasteiger partial charge on any atom is 0.242 e.